The van der Waals surface area contributed by atoms with Crippen LogP contribution in [0.4, 0.5) is 0 Å². The first kappa shape index (κ1) is 10.4. The molecule has 0 unspecified atom stereocenters. The van der Waals surface area contributed by atoms with Crippen molar-refractivity contribution >= 4 is 11.6 Å². The fourth-order valence-corrected chi connectivity index (χ4v) is 1.02. The van der Waals surface area contributed by atoms with Gasteiger partial charge in [-0.25, -0.2) is 0 Å². The lowest BCUT2D eigenvalue weighted by molar-refractivity contribution is -0.114. The van der Waals surface area contributed by atoms with Gasteiger partial charge in [-0.2, -0.15) is 0 Å². The van der Waals surface area contributed by atoms with Crippen molar-refractivity contribution in [2.75, 3.05) is 0 Å². The fraction of sp³-hybridized carbons (Fsp3) is 0.167. The van der Waals surface area contributed by atoms with Gasteiger partial charge in [-0.3, -0.25) is 9.59 Å². The van der Waals surface area contributed by atoms with E-state index in [0.29, 0.717) is 11.1 Å². The molecule has 2 heteroatoms. The van der Waals surface area contributed by atoms with Crippen LogP contribution in [0.1, 0.15) is 23.7 Å². The Kier molecular flexibility index (Phi) is 3.35. The first-order valence-corrected chi connectivity index (χ1v) is 4.38. The number of rotatable bonds is 4. The SMILES string of the molecule is C=C(C)C(=O)CC(=O)c1ccccc1. The molecular weight excluding hydrogens is 176 g/mol. The maximum atomic E-state index is 11.5. The van der Waals surface area contributed by atoms with E-state index in [1.165, 1.54) is 0 Å². The van der Waals surface area contributed by atoms with Crippen LogP contribution in [0.2, 0.25) is 0 Å². The van der Waals surface area contributed by atoms with Crippen molar-refractivity contribution in [1.82, 2.24) is 0 Å². The molecule has 72 valence electrons. The zero-order chi connectivity index (χ0) is 10.6. The minimum atomic E-state index is -0.196. The third-order valence-corrected chi connectivity index (χ3v) is 1.89. The van der Waals surface area contributed by atoms with E-state index in [2.05, 4.69) is 6.58 Å². The Bertz CT molecular complexity index is 363. The molecule has 1 rings (SSSR count). The molecule has 0 amide bonds. The van der Waals surface area contributed by atoms with Gasteiger partial charge in [0, 0.05) is 5.56 Å². The van der Waals surface area contributed by atoms with Gasteiger partial charge in [0.1, 0.15) is 0 Å². The van der Waals surface area contributed by atoms with Crippen molar-refractivity contribution in [2.24, 2.45) is 0 Å². The van der Waals surface area contributed by atoms with Crippen LogP contribution < -0.4 is 0 Å². The molecule has 0 aliphatic carbocycles. The van der Waals surface area contributed by atoms with Gasteiger partial charge < -0.3 is 0 Å². The molecule has 0 N–H and O–H groups in total. The summed E-state index contributed by atoms with van der Waals surface area (Å²) in [5, 5.41) is 0. The van der Waals surface area contributed by atoms with Crippen LogP contribution >= 0.6 is 0 Å². The number of benzene rings is 1. The predicted octanol–water partition coefficient (Wildman–Crippen LogP) is 2.40. The summed E-state index contributed by atoms with van der Waals surface area (Å²) in [5.41, 5.74) is 0.997. The summed E-state index contributed by atoms with van der Waals surface area (Å²) in [7, 11) is 0. The lowest BCUT2D eigenvalue weighted by atomic mass is 10.0. The molecule has 0 radical (unpaired) electrons. The average Bonchev–Trinajstić information content (AvgIpc) is 2.19. The normalized spacial score (nSPS) is 9.50. The van der Waals surface area contributed by atoms with E-state index in [1.807, 2.05) is 6.07 Å². The third kappa shape index (κ3) is 2.66. The van der Waals surface area contributed by atoms with Crippen molar-refractivity contribution in [3.63, 3.8) is 0 Å². The minimum Gasteiger partial charge on any atom is -0.294 e. The fourth-order valence-electron chi connectivity index (χ4n) is 1.02. The lowest BCUT2D eigenvalue weighted by Gasteiger charge is -1.99. The Balaban J connectivity index is 2.69. The molecule has 0 aliphatic rings. The van der Waals surface area contributed by atoms with Crippen LogP contribution in [-0.4, -0.2) is 11.6 Å². The molecule has 0 fully saturated rings. The number of hydrogen-bond donors (Lipinski definition) is 0. The quantitative estimate of drug-likeness (QED) is 0.413. The second kappa shape index (κ2) is 4.51. The zero-order valence-corrected chi connectivity index (χ0v) is 8.12. The molecule has 0 saturated heterocycles. The van der Waals surface area contributed by atoms with Crippen molar-refractivity contribution in [1.29, 1.82) is 0 Å². The molecule has 0 aliphatic heterocycles. The Morgan fingerprint density at radius 2 is 1.79 bits per heavy atom. The molecule has 2 nitrogen and oxygen atoms in total. The summed E-state index contributed by atoms with van der Waals surface area (Å²) < 4.78 is 0. The van der Waals surface area contributed by atoms with E-state index in [1.54, 1.807) is 31.2 Å². The first-order chi connectivity index (χ1) is 6.61. The highest BCUT2D eigenvalue weighted by Crippen LogP contribution is 2.05. The van der Waals surface area contributed by atoms with E-state index >= 15 is 0 Å². The first-order valence-electron chi connectivity index (χ1n) is 4.38. The van der Waals surface area contributed by atoms with Gasteiger partial charge in [0.15, 0.2) is 11.6 Å². The molecule has 0 saturated carbocycles. The van der Waals surface area contributed by atoms with Gasteiger partial charge >= 0.3 is 0 Å². The van der Waals surface area contributed by atoms with Gasteiger partial charge in [0.05, 0.1) is 6.42 Å². The Labute approximate surface area is 83.3 Å². The largest absolute Gasteiger partial charge is 0.294 e. The lowest BCUT2D eigenvalue weighted by Crippen LogP contribution is -2.08. The van der Waals surface area contributed by atoms with Crippen molar-refractivity contribution in [3.8, 4) is 0 Å². The number of ketones is 2. The molecule has 0 atom stereocenters. The topological polar surface area (TPSA) is 34.1 Å². The highest BCUT2D eigenvalue weighted by Gasteiger charge is 2.11. The van der Waals surface area contributed by atoms with Gasteiger partial charge in [0.2, 0.25) is 0 Å². The molecule has 0 spiro atoms. The number of carbonyl (C=O) groups excluding carboxylic acids is 2. The second-order valence-electron chi connectivity index (χ2n) is 3.17. The summed E-state index contributed by atoms with van der Waals surface area (Å²) >= 11 is 0. The highest BCUT2D eigenvalue weighted by atomic mass is 16.1. The molecule has 14 heavy (non-hydrogen) atoms. The Morgan fingerprint density at radius 1 is 1.21 bits per heavy atom. The summed E-state index contributed by atoms with van der Waals surface area (Å²) in [4.78, 5) is 22.7. The van der Waals surface area contributed by atoms with Crippen LogP contribution in [-0.2, 0) is 4.79 Å². The predicted molar refractivity (Wildman–Crippen MR) is 55.2 cm³/mol. The van der Waals surface area contributed by atoms with E-state index in [4.69, 9.17) is 0 Å². The van der Waals surface area contributed by atoms with Gasteiger partial charge in [-0.15, -0.1) is 0 Å². The zero-order valence-electron chi connectivity index (χ0n) is 8.12. The van der Waals surface area contributed by atoms with Crippen molar-refractivity contribution in [2.45, 2.75) is 13.3 Å². The van der Waals surface area contributed by atoms with Crippen LogP contribution in [0.15, 0.2) is 42.5 Å². The van der Waals surface area contributed by atoms with Crippen LogP contribution in [0, 0.1) is 0 Å². The molecule has 0 aromatic heterocycles. The molecule has 1 aromatic rings. The van der Waals surface area contributed by atoms with E-state index in [-0.39, 0.29) is 18.0 Å². The number of hydrogen-bond acceptors (Lipinski definition) is 2. The van der Waals surface area contributed by atoms with Crippen LogP contribution in [0.5, 0.6) is 0 Å². The maximum absolute atomic E-state index is 11.5. The van der Waals surface area contributed by atoms with E-state index in [0.717, 1.165) is 0 Å². The Morgan fingerprint density at radius 3 is 2.29 bits per heavy atom. The van der Waals surface area contributed by atoms with Crippen molar-refractivity contribution in [3.05, 3.63) is 48.0 Å². The number of allylic oxidation sites excluding steroid dienone is 1. The molecular formula is C12H12O2. The van der Waals surface area contributed by atoms with Crippen molar-refractivity contribution < 1.29 is 9.59 Å². The molecule has 0 heterocycles. The maximum Gasteiger partial charge on any atom is 0.170 e. The monoisotopic (exact) mass is 188 g/mol. The summed E-state index contributed by atoms with van der Waals surface area (Å²) in [6, 6.07) is 8.79. The standard InChI is InChI=1S/C12H12O2/c1-9(2)11(13)8-12(14)10-6-4-3-5-7-10/h3-7H,1,8H2,2H3. The summed E-state index contributed by atoms with van der Waals surface area (Å²) in [6.45, 7) is 5.11. The molecule has 1 aromatic carbocycles. The highest BCUT2D eigenvalue weighted by molar-refractivity contribution is 6.12. The number of Topliss-reactive ketones (excluding diaryl/α,β-unsaturated/α-hetero) is 2. The average molecular weight is 188 g/mol. The smallest absolute Gasteiger partial charge is 0.170 e. The van der Waals surface area contributed by atoms with E-state index < -0.39 is 0 Å². The van der Waals surface area contributed by atoms with Crippen LogP contribution in [0.25, 0.3) is 0 Å². The van der Waals surface area contributed by atoms with E-state index in [9.17, 15) is 9.59 Å². The third-order valence-electron chi connectivity index (χ3n) is 1.89. The van der Waals surface area contributed by atoms with Gasteiger partial charge in [-0.05, 0) is 12.5 Å². The number of carbonyl (C=O) groups is 2. The van der Waals surface area contributed by atoms with Crippen LogP contribution in [0.3, 0.4) is 0 Å². The Hall–Kier alpha value is -1.70. The molecule has 0 bridgehead atoms. The van der Waals surface area contributed by atoms with Gasteiger partial charge in [-0.1, -0.05) is 36.9 Å². The summed E-state index contributed by atoms with van der Waals surface area (Å²) in [5.74, 6) is -0.350. The van der Waals surface area contributed by atoms with Gasteiger partial charge in [0.25, 0.3) is 0 Å². The summed E-state index contributed by atoms with van der Waals surface area (Å²) in [6.07, 6.45) is -0.0840. The minimum absolute atomic E-state index is 0.0840. The second-order valence-corrected chi connectivity index (χ2v) is 3.17.